The molecule has 2 bridgehead atoms. The third-order valence-electron chi connectivity index (χ3n) is 5.61. The van der Waals surface area contributed by atoms with Crippen LogP contribution >= 0.6 is 11.6 Å². The third-order valence-corrected chi connectivity index (χ3v) is 5.85. The first-order valence-electron chi connectivity index (χ1n) is 8.67. The maximum atomic E-state index is 12.4. The van der Waals surface area contributed by atoms with Gasteiger partial charge in [0, 0.05) is 11.1 Å². The summed E-state index contributed by atoms with van der Waals surface area (Å²) in [7, 11) is 0. The number of ether oxygens (including phenoxy) is 1. The van der Waals surface area contributed by atoms with E-state index in [1.54, 1.807) is 13.0 Å². The van der Waals surface area contributed by atoms with Gasteiger partial charge in [-0.15, -0.1) is 0 Å². The quantitative estimate of drug-likeness (QED) is 0.868. The Hall–Kier alpha value is -1.22. The van der Waals surface area contributed by atoms with Crippen molar-refractivity contribution in [3.8, 4) is 5.75 Å². The minimum absolute atomic E-state index is 0.0328. The molecule has 3 rings (SSSR count). The lowest BCUT2D eigenvalue weighted by molar-refractivity contribution is -0.128. The number of carbonyl (C=O) groups is 1. The number of benzene rings is 1. The normalized spacial score (nSPS) is 28.4. The molecule has 1 N–H and O–H groups in total. The summed E-state index contributed by atoms with van der Waals surface area (Å²) in [4.78, 5) is 12.4. The number of aryl methyl sites for hydroxylation is 1. The van der Waals surface area contributed by atoms with E-state index in [0.717, 1.165) is 17.4 Å². The van der Waals surface area contributed by atoms with E-state index in [1.165, 1.54) is 25.7 Å². The Morgan fingerprint density at radius 2 is 2.09 bits per heavy atom. The molecule has 0 spiro atoms. The minimum Gasteiger partial charge on any atom is -0.481 e. The van der Waals surface area contributed by atoms with Gasteiger partial charge in [0.2, 0.25) is 0 Å². The molecule has 2 saturated carbocycles. The molecule has 2 fully saturated rings. The van der Waals surface area contributed by atoms with Crippen LogP contribution in [0.3, 0.4) is 0 Å². The van der Waals surface area contributed by atoms with Gasteiger partial charge in [0.25, 0.3) is 5.91 Å². The lowest BCUT2D eigenvalue weighted by Gasteiger charge is -2.29. The van der Waals surface area contributed by atoms with Gasteiger partial charge in [0.05, 0.1) is 0 Å². The molecule has 2 aliphatic rings. The number of hydrogen-bond acceptors (Lipinski definition) is 2. The molecule has 2 aliphatic carbocycles. The lowest BCUT2D eigenvalue weighted by Crippen LogP contribution is -2.45. The zero-order valence-corrected chi connectivity index (χ0v) is 14.9. The fourth-order valence-electron chi connectivity index (χ4n) is 4.34. The highest BCUT2D eigenvalue weighted by Gasteiger charge is 2.42. The van der Waals surface area contributed by atoms with Gasteiger partial charge in [0.1, 0.15) is 5.75 Å². The lowest BCUT2D eigenvalue weighted by atomic mass is 9.84. The molecule has 0 aromatic heterocycles. The number of fused-ring (bicyclic) bond motifs is 2. The molecule has 5 atom stereocenters. The van der Waals surface area contributed by atoms with Crippen LogP contribution in [0.2, 0.25) is 5.02 Å². The van der Waals surface area contributed by atoms with E-state index in [2.05, 4.69) is 12.2 Å². The maximum absolute atomic E-state index is 12.4. The number of hydrogen-bond donors (Lipinski definition) is 1. The van der Waals surface area contributed by atoms with Crippen molar-refractivity contribution in [2.45, 2.75) is 58.6 Å². The van der Waals surface area contributed by atoms with Gasteiger partial charge >= 0.3 is 0 Å². The van der Waals surface area contributed by atoms with Crippen molar-refractivity contribution < 1.29 is 9.53 Å². The smallest absolute Gasteiger partial charge is 0.260 e. The van der Waals surface area contributed by atoms with E-state index in [0.29, 0.717) is 16.7 Å². The third kappa shape index (κ3) is 3.65. The number of nitrogens with one attached hydrogen (secondary N) is 1. The summed E-state index contributed by atoms with van der Waals surface area (Å²) in [5, 5.41) is 3.85. The first kappa shape index (κ1) is 16.6. The first-order chi connectivity index (χ1) is 10.9. The van der Waals surface area contributed by atoms with Gasteiger partial charge in [-0.2, -0.15) is 0 Å². The van der Waals surface area contributed by atoms with E-state index >= 15 is 0 Å². The monoisotopic (exact) mass is 335 g/mol. The second-order valence-corrected chi connectivity index (χ2v) is 7.74. The largest absolute Gasteiger partial charge is 0.481 e. The summed E-state index contributed by atoms with van der Waals surface area (Å²) in [5.74, 6) is 3.03. The molecule has 0 aliphatic heterocycles. The molecular weight excluding hydrogens is 310 g/mol. The van der Waals surface area contributed by atoms with Crippen LogP contribution < -0.4 is 10.1 Å². The molecule has 3 nitrogen and oxygen atoms in total. The second kappa shape index (κ2) is 6.72. The van der Waals surface area contributed by atoms with Crippen molar-refractivity contribution in [2.24, 2.45) is 17.8 Å². The van der Waals surface area contributed by atoms with Crippen LogP contribution in [-0.4, -0.2) is 18.1 Å². The first-order valence-corrected chi connectivity index (χ1v) is 9.05. The van der Waals surface area contributed by atoms with Crippen LogP contribution in [0.4, 0.5) is 0 Å². The summed E-state index contributed by atoms with van der Waals surface area (Å²) in [6.07, 6.45) is 4.86. The Morgan fingerprint density at radius 1 is 1.30 bits per heavy atom. The second-order valence-electron chi connectivity index (χ2n) is 7.31. The summed E-state index contributed by atoms with van der Waals surface area (Å²) in [6.45, 7) is 5.88. The van der Waals surface area contributed by atoms with Crippen LogP contribution in [0.1, 0.15) is 45.1 Å². The average molecular weight is 336 g/mol. The van der Waals surface area contributed by atoms with Crippen molar-refractivity contribution in [2.75, 3.05) is 0 Å². The van der Waals surface area contributed by atoms with Crippen LogP contribution in [0, 0.1) is 24.7 Å². The summed E-state index contributed by atoms with van der Waals surface area (Å²) >= 11 is 5.95. The van der Waals surface area contributed by atoms with Gasteiger partial charge < -0.3 is 10.1 Å². The molecular formula is C19H26ClNO2. The molecule has 23 heavy (non-hydrogen) atoms. The van der Waals surface area contributed by atoms with E-state index in [1.807, 2.05) is 19.1 Å². The van der Waals surface area contributed by atoms with Gasteiger partial charge in [-0.1, -0.05) is 18.0 Å². The maximum Gasteiger partial charge on any atom is 0.260 e. The Bertz CT molecular complexity index is 589. The number of carbonyl (C=O) groups excluding carboxylic acids is 1. The molecule has 0 saturated heterocycles. The number of amides is 1. The van der Waals surface area contributed by atoms with Crippen LogP contribution in [0.5, 0.6) is 5.75 Å². The molecule has 0 unspecified atom stereocenters. The van der Waals surface area contributed by atoms with Gasteiger partial charge in [0.15, 0.2) is 6.10 Å². The highest BCUT2D eigenvalue weighted by Crippen LogP contribution is 2.49. The van der Waals surface area contributed by atoms with Crippen molar-refractivity contribution in [3.63, 3.8) is 0 Å². The number of halogens is 1. The van der Waals surface area contributed by atoms with Gasteiger partial charge in [-0.3, -0.25) is 4.79 Å². The summed E-state index contributed by atoms with van der Waals surface area (Å²) in [5.41, 5.74) is 0.943. The Morgan fingerprint density at radius 3 is 2.70 bits per heavy atom. The highest BCUT2D eigenvalue weighted by molar-refractivity contribution is 6.30. The average Bonchev–Trinajstić information content (AvgIpc) is 3.12. The highest BCUT2D eigenvalue weighted by atomic mass is 35.5. The predicted molar refractivity (Wildman–Crippen MR) is 92.8 cm³/mol. The SMILES string of the molecule is Cc1cc(Cl)ccc1O[C@H](C)C(=O)N[C@H](C)[C@@H]1C[C@H]2CC[C@H]1C2. The van der Waals surface area contributed by atoms with E-state index in [-0.39, 0.29) is 11.9 Å². The molecule has 1 aromatic carbocycles. The van der Waals surface area contributed by atoms with E-state index < -0.39 is 6.10 Å². The zero-order chi connectivity index (χ0) is 16.6. The summed E-state index contributed by atoms with van der Waals surface area (Å²) in [6, 6.07) is 5.68. The minimum atomic E-state index is -0.504. The van der Waals surface area contributed by atoms with E-state index in [4.69, 9.17) is 16.3 Å². The molecule has 4 heteroatoms. The standard InChI is InChI=1S/C19H26ClNO2/c1-11-8-16(20)6-7-18(11)23-13(3)19(22)21-12(2)17-10-14-4-5-15(17)9-14/h6-8,12-15,17H,4-5,9-10H2,1-3H3,(H,21,22)/t12-,13-,14+,15+,17+/m1/s1. The molecule has 1 aromatic rings. The Labute approximate surface area is 143 Å². The van der Waals surface area contributed by atoms with Gasteiger partial charge in [-0.05, 0) is 81.5 Å². The molecule has 0 heterocycles. The van der Waals surface area contributed by atoms with E-state index in [9.17, 15) is 4.79 Å². The predicted octanol–water partition coefficient (Wildman–Crippen LogP) is 4.36. The Balaban J connectivity index is 1.55. The summed E-state index contributed by atoms with van der Waals surface area (Å²) < 4.78 is 5.82. The molecule has 1 amide bonds. The topological polar surface area (TPSA) is 38.3 Å². The van der Waals surface area contributed by atoms with Crippen molar-refractivity contribution in [1.29, 1.82) is 0 Å². The fourth-order valence-corrected chi connectivity index (χ4v) is 4.57. The molecule has 126 valence electrons. The number of rotatable bonds is 5. The van der Waals surface area contributed by atoms with Crippen molar-refractivity contribution in [1.82, 2.24) is 5.32 Å². The van der Waals surface area contributed by atoms with Crippen LogP contribution in [0.15, 0.2) is 18.2 Å². The molecule has 0 radical (unpaired) electrons. The van der Waals surface area contributed by atoms with Crippen LogP contribution in [0.25, 0.3) is 0 Å². The Kier molecular flexibility index (Phi) is 4.86. The van der Waals surface area contributed by atoms with Crippen molar-refractivity contribution in [3.05, 3.63) is 28.8 Å². The van der Waals surface area contributed by atoms with Crippen molar-refractivity contribution >= 4 is 17.5 Å². The zero-order valence-electron chi connectivity index (χ0n) is 14.1. The van der Waals surface area contributed by atoms with Crippen LogP contribution in [-0.2, 0) is 4.79 Å². The van der Waals surface area contributed by atoms with Gasteiger partial charge in [-0.25, -0.2) is 0 Å². The fraction of sp³-hybridized carbons (Fsp3) is 0.632.